The summed E-state index contributed by atoms with van der Waals surface area (Å²) in [5.41, 5.74) is 2.49. The molecule has 1 aromatic carbocycles. The minimum atomic E-state index is -0.926. The molecule has 0 spiro atoms. The molecule has 1 amide bonds. The average molecular weight is 367 g/mol. The third-order valence-electron chi connectivity index (χ3n) is 4.63. The topological polar surface area (TPSA) is 83.7 Å². The fourth-order valence-corrected chi connectivity index (χ4v) is 3.90. The van der Waals surface area contributed by atoms with Gasteiger partial charge in [0.2, 0.25) is 5.91 Å². The van der Waals surface area contributed by atoms with Crippen molar-refractivity contribution in [2.45, 2.75) is 12.8 Å². The fraction of sp³-hybridized carbons (Fsp3) is 0.211. The lowest BCUT2D eigenvalue weighted by Gasteiger charge is -2.24. The standard InChI is InChI=1S/C19H17N3O3S/c23-17(14-3-1-2-4-15(14)18(24)25)20-13-7-5-12(6-8-13)16-11-22-9-10-26-19(22)21-16/h1-2,5-11,14-15H,3-4H2,(H,20,23)(H,24,25)/t14-,15-/m0/s1. The number of hydrogen-bond acceptors (Lipinski definition) is 4. The third-order valence-corrected chi connectivity index (χ3v) is 5.40. The number of fused-ring (bicyclic) bond motifs is 1. The van der Waals surface area contributed by atoms with Crippen molar-refractivity contribution in [3.8, 4) is 11.3 Å². The summed E-state index contributed by atoms with van der Waals surface area (Å²) < 4.78 is 1.97. The van der Waals surface area contributed by atoms with Gasteiger partial charge >= 0.3 is 5.97 Å². The van der Waals surface area contributed by atoms with Crippen LogP contribution >= 0.6 is 11.3 Å². The zero-order valence-electron chi connectivity index (χ0n) is 13.8. The highest BCUT2D eigenvalue weighted by Crippen LogP contribution is 2.28. The number of allylic oxidation sites excluding steroid dienone is 2. The van der Waals surface area contributed by atoms with Gasteiger partial charge in [0.05, 0.1) is 17.5 Å². The Morgan fingerprint density at radius 2 is 1.88 bits per heavy atom. The maximum absolute atomic E-state index is 12.5. The number of nitrogens with zero attached hydrogens (tertiary/aromatic N) is 2. The fourth-order valence-electron chi connectivity index (χ4n) is 3.20. The molecule has 2 aromatic heterocycles. The summed E-state index contributed by atoms with van der Waals surface area (Å²) in [4.78, 5) is 29.3. The molecular formula is C19H17N3O3S. The van der Waals surface area contributed by atoms with Crippen LogP contribution in [0.3, 0.4) is 0 Å². The zero-order chi connectivity index (χ0) is 18.1. The first-order valence-corrected chi connectivity index (χ1v) is 9.21. The number of nitrogens with one attached hydrogen (secondary N) is 1. The van der Waals surface area contributed by atoms with Crippen LogP contribution in [0.2, 0.25) is 0 Å². The summed E-state index contributed by atoms with van der Waals surface area (Å²) in [5.74, 6) is -2.39. The molecule has 0 aliphatic heterocycles. The van der Waals surface area contributed by atoms with Gasteiger partial charge in [0.25, 0.3) is 0 Å². The van der Waals surface area contributed by atoms with Gasteiger partial charge in [-0.2, -0.15) is 0 Å². The molecule has 1 aliphatic rings. The van der Waals surface area contributed by atoms with E-state index < -0.39 is 17.8 Å². The molecule has 0 fully saturated rings. The van der Waals surface area contributed by atoms with Gasteiger partial charge in [0.1, 0.15) is 0 Å². The summed E-state index contributed by atoms with van der Waals surface area (Å²) in [6, 6.07) is 7.43. The van der Waals surface area contributed by atoms with Crippen molar-refractivity contribution in [1.82, 2.24) is 9.38 Å². The molecule has 0 unspecified atom stereocenters. The van der Waals surface area contributed by atoms with Crippen LogP contribution in [0.5, 0.6) is 0 Å². The number of anilines is 1. The highest BCUT2D eigenvalue weighted by atomic mass is 32.1. The molecule has 2 atom stereocenters. The quantitative estimate of drug-likeness (QED) is 0.689. The second-order valence-electron chi connectivity index (χ2n) is 6.28. The predicted molar refractivity (Wildman–Crippen MR) is 100 cm³/mol. The summed E-state index contributed by atoms with van der Waals surface area (Å²) in [7, 11) is 0. The van der Waals surface area contributed by atoms with Gasteiger partial charge in [0.15, 0.2) is 4.96 Å². The molecule has 1 aliphatic carbocycles. The minimum Gasteiger partial charge on any atom is -0.481 e. The van der Waals surface area contributed by atoms with E-state index in [-0.39, 0.29) is 5.91 Å². The molecule has 2 heterocycles. The number of aliphatic carboxylic acids is 1. The molecule has 7 heteroatoms. The van der Waals surface area contributed by atoms with Crippen molar-refractivity contribution in [2.24, 2.45) is 11.8 Å². The van der Waals surface area contributed by atoms with E-state index in [1.807, 2.05) is 58.6 Å². The lowest BCUT2D eigenvalue weighted by Crippen LogP contribution is -2.34. The number of carbonyl (C=O) groups is 2. The largest absolute Gasteiger partial charge is 0.481 e. The molecular weight excluding hydrogens is 350 g/mol. The van der Waals surface area contributed by atoms with Crippen LogP contribution in [-0.2, 0) is 9.59 Å². The van der Waals surface area contributed by atoms with Crippen molar-refractivity contribution in [3.05, 3.63) is 54.2 Å². The van der Waals surface area contributed by atoms with E-state index >= 15 is 0 Å². The SMILES string of the molecule is O=C(O)[C@H]1CC=CC[C@@H]1C(=O)Nc1ccc(-c2cn3ccsc3n2)cc1. The van der Waals surface area contributed by atoms with Crippen molar-refractivity contribution in [2.75, 3.05) is 5.32 Å². The Balaban J connectivity index is 1.48. The number of carboxylic acid groups (broad SMARTS) is 1. The number of benzene rings is 1. The number of amides is 1. The Bertz CT molecular complexity index is 959. The van der Waals surface area contributed by atoms with Crippen LogP contribution in [0, 0.1) is 11.8 Å². The van der Waals surface area contributed by atoms with Crippen LogP contribution in [0.4, 0.5) is 5.69 Å². The number of hydrogen-bond donors (Lipinski definition) is 2. The van der Waals surface area contributed by atoms with Crippen LogP contribution in [0.15, 0.2) is 54.2 Å². The Labute approximate surface area is 153 Å². The Morgan fingerprint density at radius 1 is 1.15 bits per heavy atom. The second kappa shape index (κ2) is 6.76. The molecule has 4 rings (SSSR count). The minimum absolute atomic E-state index is 0.253. The van der Waals surface area contributed by atoms with Gasteiger partial charge in [-0.3, -0.25) is 14.0 Å². The van der Waals surface area contributed by atoms with E-state index in [9.17, 15) is 14.7 Å². The van der Waals surface area contributed by atoms with Crippen molar-refractivity contribution in [1.29, 1.82) is 0 Å². The first-order valence-electron chi connectivity index (χ1n) is 8.33. The Morgan fingerprint density at radius 3 is 2.58 bits per heavy atom. The molecule has 0 saturated heterocycles. The average Bonchev–Trinajstić information content (AvgIpc) is 3.24. The van der Waals surface area contributed by atoms with Gasteiger partial charge in [0, 0.05) is 29.0 Å². The van der Waals surface area contributed by atoms with Gasteiger partial charge in [-0.25, -0.2) is 4.98 Å². The van der Waals surface area contributed by atoms with Crippen LogP contribution in [0.25, 0.3) is 16.2 Å². The number of aromatic nitrogens is 2. The molecule has 3 aromatic rings. The van der Waals surface area contributed by atoms with Gasteiger partial charge in [-0.15, -0.1) is 11.3 Å². The molecule has 0 radical (unpaired) electrons. The summed E-state index contributed by atoms with van der Waals surface area (Å²) in [5, 5.41) is 14.1. The molecule has 0 bridgehead atoms. The molecule has 2 N–H and O–H groups in total. The maximum atomic E-state index is 12.5. The van der Waals surface area contributed by atoms with E-state index in [1.54, 1.807) is 11.3 Å². The zero-order valence-corrected chi connectivity index (χ0v) is 14.6. The highest BCUT2D eigenvalue weighted by Gasteiger charge is 2.33. The van der Waals surface area contributed by atoms with Crippen molar-refractivity contribution in [3.63, 3.8) is 0 Å². The van der Waals surface area contributed by atoms with E-state index in [2.05, 4.69) is 10.3 Å². The first-order chi connectivity index (χ1) is 12.6. The summed E-state index contributed by atoms with van der Waals surface area (Å²) >= 11 is 1.57. The van der Waals surface area contributed by atoms with Crippen molar-refractivity contribution < 1.29 is 14.7 Å². The summed E-state index contributed by atoms with van der Waals surface area (Å²) in [6.45, 7) is 0. The van der Waals surface area contributed by atoms with Crippen LogP contribution in [-0.4, -0.2) is 26.4 Å². The van der Waals surface area contributed by atoms with Gasteiger partial charge < -0.3 is 10.4 Å². The lowest BCUT2D eigenvalue weighted by atomic mass is 9.82. The van der Waals surface area contributed by atoms with Crippen LogP contribution in [0.1, 0.15) is 12.8 Å². The van der Waals surface area contributed by atoms with Crippen LogP contribution < -0.4 is 5.32 Å². The van der Waals surface area contributed by atoms with E-state index in [0.29, 0.717) is 18.5 Å². The number of imidazole rings is 1. The number of carbonyl (C=O) groups excluding carboxylic acids is 1. The molecule has 26 heavy (non-hydrogen) atoms. The van der Waals surface area contributed by atoms with E-state index in [4.69, 9.17) is 0 Å². The van der Waals surface area contributed by atoms with E-state index in [1.165, 1.54) is 0 Å². The molecule has 0 saturated carbocycles. The number of thiazole rings is 1. The summed E-state index contributed by atoms with van der Waals surface area (Å²) in [6.07, 6.45) is 8.47. The monoisotopic (exact) mass is 367 g/mol. The Hall–Kier alpha value is -2.93. The molecule has 6 nitrogen and oxygen atoms in total. The second-order valence-corrected chi connectivity index (χ2v) is 7.15. The maximum Gasteiger partial charge on any atom is 0.307 e. The first kappa shape index (κ1) is 16.5. The smallest absolute Gasteiger partial charge is 0.307 e. The number of carboxylic acids is 1. The van der Waals surface area contributed by atoms with Crippen molar-refractivity contribution >= 4 is 33.9 Å². The van der Waals surface area contributed by atoms with E-state index in [0.717, 1.165) is 16.2 Å². The lowest BCUT2D eigenvalue weighted by molar-refractivity contribution is -0.146. The van der Waals surface area contributed by atoms with Gasteiger partial charge in [-0.05, 0) is 25.0 Å². The molecule has 132 valence electrons. The normalized spacial score (nSPS) is 19.5. The van der Waals surface area contributed by atoms with Gasteiger partial charge in [-0.1, -0.05) is 24.3 Å². The highest BCUT2D eigenvalue weighted by molar-refractivity contribution is 7.15. The Kier molecular flexibility index (Phi) is 4.30. The predicted octanol–water partition coefficient (Wildman–Crippen LogP) is 3.67. The number of rotatable bonds is 4. The third kappa shape index (κ3) is 3.13.